The zero-order valence-electron chi connectivity index (χ0n) is 6.74. The molecule has 0 spiro atoms. The molecule has 0 atom stereocenters. The normalized spacial score (nSPS) is 10.8. The van der Waals surface area contributed by atoms with E-state index in [4.69, 9.17) is 0 Å². The van der Waals surface area contributed by atoms with Gasteiger partial charge in [-0.3, -0.25) is 0 Å². The second-order valence-corrected chi connectivity index (χ2v) is 2.56. The Morgan fingerprint density at radius 3 is 2.42 bits per heavy atom. The molecule has 0 saturated heterocycles. The quantitative estimate of drug-likeness (QED) is 0.639. The van der Waals surface area contributed by atoms with Gasteiger partial charge in [-0.05, 0) is 25.5 Å². The van der Waals surface area contributed by atoms with E-state index in [2.05, 4.69) is 4.98 Å². The third kappa shape index (κ3) is 1.57. The lowest BCUT2D eigenvalue weighted by Gasteiger charge is -2.04. The van der Waals surface area contributed by atoms with E-state index in [0.29, 0.717) is 0 Å². The molecule has 1 nitrogen and oxygen atoms in total. The summed E-state index contributed by atoms with van der Waals surface area (Å²) in [6.07, 6.45) is -2.63. The first-order chi connectivity index (χ1) is 5.52. The molecule has 1 aromatic heterocycles. The summed E-state index contributed by atoms with van der Waals surface area (Å²) in [5, 5.41) is 0. The van der Waals surface area contributed by atoms with Crippen LogP contribution in [0, 0.1) is 19.7 Å². The van der Waals surface area contributed by atoms with Crippen molar-refractivity contribution in [1.82, 2.24) is 4.98 Å². The van der Waals surface area contributed by atoms with Crippen LogP contribution < -0.4 is 0 Å². The molecule has 0 amide bonds. The Bertz CT molecular complexity index is 297. The van der Waals surface area contributed by atoms with Crippen LogP contribution in [0.1, 0.15) is 23.4 Å². The van der Waals surface area contributed by atoms with E-state index >= 15 is 0 Å². The fourth-order valence-electron chi connectivity index (χ4n) is 0.912. The minimum absolute atomic E-state index is 0.0101. The summed E-state index contributed by atoms with van der Waals surface area (Å²) in [4.78, 5) is 3.45. The van der Waals surface area contributed by atoms with Gasteiger partial charge in [0.2, 0.25) is 0 Å². The average Bonchev–Trinajstić information content (AvgIpc) is 1.96. The lowest BCUT2D eigenvalue weighted by atomic mass is 10.2. The van der Waals surface area contributed by atoms with Crippen molar-refractivity contribution in [2.75, 3.05) is 0 Å². The number of nitrogens with zero attached hydrogens (tertiary/aromatic N) is 1. The first kappa shape index (κ1) is 9.03. The molecule has 12 heavy (non-hydrogen) atoms. The molecular formula is C8H8F3N. The molecule has 0 unspecified atom stereocenters. The lowest BCUT2D eigenvalue weighted by Crippen LogP contribution is -1.99. The predicted molar refractivity (Wildman–Crippen MR) is 38.6 cm³/mol. The monoisotopic (exact) mass is 175 g/mol. The molecule has 1 aromatic rings. The first-order valence-corrected chi connectivity index (χ1v) is 3.44. The molecule has 0 aliphatic heterocycles. The molecule has 1 heterocycles. The van der Waals surface area contributed by atoms with Gasteiger partial charge in [0.25, 0.3) is 6.43 Å². The second-order valence-electron chi connectivity index (χ2n) is 2.56. The topological polar surface area (TPSA) is 12.9 Å². The largest absolute Gasteiger partial charge is 0.280 e. The van der Waals surface area contributed by atoms with E-state index in [9.17, 15) is 13.2 Å². The van der Waals surface area contributed by atoms with Crippen molar-refractivity contribution < 1.29 is 13.2 Å². The maximum Gasteiger partial charge on any atom is 0.280 e. The van der Waals surface area contributed by atoms with Gasteiger partial charge in [-0.25, -0.2) is 18.2 Å². The third-order valence-electron chi connectivity index (χ3n) is 1.59. The Balaban J connectivity index is 3.23. The Morgan fingerprint density at radius 1 is 1.33 bits per heavy atom. The second kappa shape index (κ2) is 3.13. The summed E-state index contributed by atoms with van der Waals surface area (Å²) in [7, 11) is 0. The SMILES string of the molecule is Cc1cc(F)c(C)nc1C(F)F. The van der Waals surface area contributed by atoms with Gasteiger partial charge in [-0.1, -0.05) is 0 Å². The molecule has 0 aliphatic carbocycles. The Morgan fingerprint density at radius 2 is 1.92 bits per heavy atom. The van der Waals surface area contributed by atoms with Crippen LogP contribution >= 0.6 is 0 Å². The van der Waals surface area contributed by atoms with Crippen LogP contribution in [0.25, 0.3) is 0 Å². The van der Waals surface area contributed by atoms with Crippen LogP contribution in [-0.2, 0) is 0 Å². The molecule has 4 heteroatoms. The number of rotatable bonds is 1. The van der Waals surface area contributed by atoms with Crippen LogP contribution in [0.15, 0.2) is 6.07 Å². The van der Waals surface area contributed by atoms with Crippen LogP contribution in [-0.4, -0.2) is 4.98 Å². The molecule has 0 fully saturated rings. The highest BCUT2D eigenvalue weighted by atomic mass is 19.3. The van der Waals surface area contributed by atoms with Gasteiger partial charge >= 0.3 is 0 Å². The van der Waals surface area contributed by atoms with Gasteiger partial charge in [0, 0.05) is 0 Å². The molecule has 66 valence electrons. The number of alkyl halides is 2. The highest BCUT2D eigenvalue weighted by molar-refractivity contribution is 5.23. The van der Waals surface area contributed by atoms with E-state index in [1.807, 2.05) is 0 Å². The number of aryl methyl sites for hydroxylation is 2. The van der Waals surface area contributed by atoms with E-state index < -0.39 is 12.2 Å². The summed E-state index contributed by atoms with van der Waals surface area (Å²) in [6.45, 7) is 2.78. The van der Waals surface area contributed by atoms with E-state index in [1.54, 1.807) is 0 Å². The Kier molecular flexibility index (Phi) is 2.35. The molecule has 1 rings (SSSR count). The Hall–Kier alpha value is -1.06. The van der Waals surface area contributed by atoms with Gasteiger partial charge in [-0.15, -0.1) is 0 Å². The standard InChI is InChI=1S/C8H8F3N/c1-4-3-6(9)5(2)12-7(4)8(10)11/h3,8H,1-2H3. The van der Waals surface area contributed by atoms with Crippen molar-refractivity contribution in [1.29, 1.82) is 0 Å². The third-order valence-corrected chi connectivity index (χ3v) is 1.59. The number of halogens is 3. The van der Waals surface area contributed by atoms with Crippen LogP contribution in [0.2, 0.25) is 0 Å². The van der Waals surface area contributed by atoms with Crippen LogP contribution in [0.5, 0.6) is 0 Å². The van der Waals surface area contributed by atoms with Gasteiger partial charge in [0.15, 0.2) is 0 Å². The summed E-state index contributed by atoms with van der Waals surface area (Å²) >= 11 is 0. The molecule has 0 radical (unpaired) electrons. The van der Waals surface area contributed by atoms with Gasteiger partial charge in [0.1, 0.15) is 11.5 Å². The summed E-state index contributed by atoms with van der Waals surface area (Å²) in [6, 6.07) is 1.07. The van der Waals surface area contributed by atoms with Gasteiger partial charge < -0.3 is 0 Å². The summed E-state index contributed by atoms with van der Waals surface area (Å²) in [5.41, 5.74) is -0.141. The van der Waals surface area contributed by atoms with E-state index in [-0.39, 0.29) is 17.0 Å². The zero-order valence-corrected chi connectivity index (χ0v) is 6.74. The highest BCUT2D eigenvalue weighted by Crippen LogP contribution is 2.21. The summed E-state index contributed by atoms with van der Waals surface area (Å²) < 4.78 is 37.0. The molecule has 0 aromatic carbocycles. The minimum atomic E-state index is -2.63. The van der Waals surface area contributed by atoms with E-state index in [0.717, 1.165) is 6.07 Å². The maximum absolute atomic E-state index is 12.7. The van der Waals surface area contributed by atoms with Crippen molar-refractivity contribution in [3.63, 3.8) is 0 Å². The van der Waals surface area contributed by atoms with Crippen LogP contribution in [0.3, 0.4) is 0 Å². The van der Waals surface area contributed by atoms with Gasteiger partial charge in [0.05, 0.1) is 5.69 Å². The van der Waals surface area contributed by atoms with Crippen LogP contribution in [0.4, 0.5) is 13.2 Å². The molecule has 0 aliphatic rings. The van der Waals surface area contributed by atoms with E-state index in [1.165, 1.54) is 13.8 Å². The number of hydrogen-bond acceptors (Lipinski definition) is 1. The van der Waals surface area contributed by atoms with Crippen molar-refractivity contribution in [2.45, 2.75) is 20.3 Å². The Labute approximate surface area is 68.2 Å². The first-order valence-electron chi connectivity index (χ1n) is 3.44. The smallest absolute Gasteiger partial charge is 0.249 e. The highest BCUT2D eigenvalue weighted by Gasteiger charge is 2.14. The zero-order chi connectivity index (χ0) is 9.30. The fourth-order valence-corrected chi connectivity index (χ4v) is 0.912. The number of hydrogen-bond donors (Lipinski definition) is 0. The average molecular weight is 175 g/mol. The number of pyridine rings is 1. The van der Waals surface area contributed by atoms with Crippen molar-refractivity contribution >= 4 is 0 Å². The fraction of sp³-hybridized carbons (Fsp3) is 0.375. The molecule has 0 saturated carbocycles. The predicted octanol–water partition coefficient (Wildman–Crippen LogP) is 2.78. The maximum atomic E-state index is 12.7. The molecular weight excluding hydrogens is 167 g/mol. The molecule has 0 bridgehead atoms. The van der Waals surface area contributed by atoms with Crippen molar-refractivity contribution in [3.8, 4) is 0 Å². The van der Waals surface area contributed by atoms with Gasteiger partial charge in [-0.2, -0.15) is 0 Å². The summed E-state index contributed by atoms with van der Waals surface area (Å²) in [5.74, 6) is -0.545. The van der Waals surface area contributed by atoms with Crippen molar-refractivity contribution in [3.05, 3.63) is 28.8 Å². The van der Waals surface area contributed by atoms with Crippen molar-refractivity contribution in [2.24, 2.45) is 0 Å². The minimum Gasteiger partial charge on any atom is -0.249 e. The molecule has 0 N–H and O–H groups in total. The lowest BCUT2D eigenvalue weighted by molar-refractivity contribution is 0.145. The number of aromatic nitrogens is 1.